The van der Waals surface area contributed by atoms with Gasteiger partial charge in [0.1, 0.15) is 12.1 Å². The zero-order chi connectivity index (χ0) is 21.3. The molecule has 7 nitrogen and oxygen atoms in total. The van der Waals surface area contributed by atoms with E-state index in [1.165, 1.54) is 0 Å². The van der Waals surface area contributed by atoms with Crippen LogP contribution < -0.4 is 10.2 Å². The van der Waals surface area contributed by atoms with Gasteiger partial charge in [0.05, 0.1) is 17.7 Å². The predicted octanol–water partition coefficient (Wildman–Crippen LogP) is 2.51. The lowest BCUT2D eigenvalue weighted by atomic mass is 10.0. The highest BCUT2D eigenvalue weighted by Gasteiger charge is 2.35. The van der Waals surface area contributed by atoms with E-state index in [0.29, 0.717) is 32.1 Å². The Labute approximate surface area is 182 Å². The molecule has 1 fully saturated rings. The Morgan fingerprint density at radius 3 is 2.73 bits per heavy atom. The lowest BCUT2D eigenvalue weighted by molar-refractivity contribution is -0.133. The van der Waals surface area contributed by atoms with Crippen molar-refractivity contribution < 1.29 is 9.90 Å². The van der Waals surface area contributed by atoms with Gasteiger partial charge in [-0.3, -0.25) is 4.79 Å². The van der Waals surface area contributed by atoms with Gasteiger partial charge in [0, 0.05) is 49.2 Å². The molecule has 8 heteroatoms. The fourth-order valence-corrected chi connectivity index (χ4v) is 5.29. The van der Waals surface area contributed by atoms with Crippen LogP contribution >= 0.6 is 11.3 Å². The first kappa shape index (κ1) is 21.2. The average molecular weight is 430 g/mol. The van der Waals surface area contributed by atoms with Crippen molar-refractivity contribution in [1.29, 1.82) is 0 Å². The third-order valence-corrected chi connectivity index (χ3v) is 7.07. The highest BCUT2D eigenvalue weighted by Crippen LogP contribution is 2.42. The van der Waals surface area contributed by atoms with Crippen LogP contribution in [0.4, 0.5) is 5.82 Å². The number of hydrogen-bond acceptors (Lipinski definition) is 7. The van der Waals surface area contributed by atoms with E-state index in [9.17, 15) is 9.90 Å². The first-order chi connectivity index (χ1) is 14.5. The largest absolute Gasteiger partial charge is 0.387 e. The maximum Gasteiger partial charge on any atom is 0.232 e. The smallest absolute Gasteiger partial charge is 0.232 e. The Morgan fingerprint density at radius 1 is 1.30 bits per heavy atom. The normalized spacial score (nSPS) is 22.4. The number of fused-ring (bicyclic) bond motifs is 1. The van der Waals surface area contributed by atoms with E-state index in [0.717, 1.165) is 35.0 Å². The zero-order valence-corrected chi connectivity index (χ0v) is 18.7. The average Bonchev–Trinajstić information content (AvgIpc) is 3.36. The number of aliphatic hydroxyl groups is 1. The molecule has 30 heavy (non-hydrogen) atoms. The van der Waals surface area contributed by atoms with Crippen LogP contribution in [0.5, 0.6) is 0 Å². The van der Waals surface area contributed by atoms with Crippen molar-refractivity contribution in [3.63, 3.8) is 0 Å². The molecule has 2 N–H and O–H groups in total. The van der Waals surface area contributed by atoms with E-state index in [4.69, 9.17) is 0 Å². The molecular formula is C22H31N5O2S. The molecule has 0 bridgehead atoms. The van der Waals surface area contributed by atoms with Crippen LogP contribution in [0, 0.1) is 0 Å². The van der Waals surface area contributed by atoms with Gasteiger partial charge in [-0.15, -0.1) is 11.3 Å². The Kier molecular flexibility index (Phi) is 6.36. The molecule has 2 aromatic rings. The Morgan fingerprint density at radius 2 is 2.07 bits per heavy atom. The monoisotopic (exact) mass is 429 g/mol. The number of carbonyl (C=O) groups is 1. The van der Waals surface area contributed by atoms with E-state index in [-0.39, 0.29) is 17.7 Å². The number of anilines is 1. The number of amides is 1. The molecule has 3 heterocycles. The number of aromatic nitrogens is 2. The number of nitrogens with zero attached hydrogens (tertiary/aromatic N) is 4. The molecule has 0 unspecified atom stereocenters. The minimum atomic E-state index is -0.500. The second-order valence-electron chi connectivity index (χ2n) is 8.59. The molecule has 1 amide bonds. The lowest BCUT2D eigenvalue weighted by Crippen LogP contribution is -2.51. The molecular weight excluding hydrogens is 398 g/mol. The number of aliphatic hydroxyl groups excluding tert-OH is 1. The standard InChI is InChI=1S/C22H31N5O2S/c1-14(2)23-12-16(18-5-4-10-30-18)22(29)27-8-6-26(7-9-27)21-19-15(3)11-17(28)20(19)24-13-25-21/h4-5,10,13-17,23,28H,6-9,11-12H2,1-3H3/t15-,16-,17-/m1/s1. The molecule has 2 aromatic heterocycles. The quantitative estimate of drug-likeness (QED) is 0.734. The first-order valence-electron chi connectivity index (χ1n) is 10.8. The van der Waals surface area contributed by atoms with Gasteiger partial charge in [-0.2, -0.15) is 0 Å². The summed E-state index contributed by atoms with van der Waals surface area (Å²) in [6, 6.07) is 4.41. The van der Waals surface area contributed by atoms with E-state index >= 15 is 0 Å². The lowest BCUT2D eigenvalue weighted by Gasteiger charge is -2.38. The number of piperazine rings is 1. The van der Waals surface area contributed by atoms with Crippen LogP contribution in [0.25, 0.3) is 0 Å². The minimum Gasteiger partial charge on any atom is -0.387 e. The molecule has 0 spiro atoms. The van der Waals surface area contributed by atoms with Gasteiger partial charge >= 0.3 is 0 Å². The third-order valence-electron chi connectivity index (χ3n) is 6.08. The van der Waals surface area contributed by atoms with Crippen LogP contribution in [0.1, 0.15) is 61.3 Å². The van der Waals surface area contributed by atoms with Crippen molar-refractivity contribution in [3.05, 3.63) is 40.0 Å². The van der Waals surface area contributed by atoms with E-state index in [1.54, 1.807) is 17.7 Å². The van der Waals surface area contributed by atoms with Crippen molar-refractivity contribution in [2.24, 2.45) is 0 Å². The SMILES string of the molecule is CC(C)NC[C@@H](C(=O)N1CCN(c2ncnc3c2[C@H](C)C[C@H]3O)CC1)c1cccs1. The summed E-state index contributed by atoms with van der Waals surface area (Å²) in [5.74, 6) is 1.22. The van der Waals surface area contributed by atoms with Gasteiger partial charge in [-0.05, 0) is 23.8 Å². The van der Waals surface area contributed by atoms with E-state index < -0.39 is 6.10 Å². The molecule has 0 saturated carbocycles. The Hall–Kier alpha value is -2.03. The number of hydrogen-bond donors (Lipinski definition) is 2. The topological polar surface area (TPSA) is 81.6 Å². The highest BCUT2D eigenvalue weighted by atomic mass is 32.1. The summed E-state index contributed by atoms with van der Waals surface area (Å²) in [6.45, 7) is 9.83. The highest BCUT2D eigenvalue weighted by molar-refractivity contribution is 7.10. The summed E-state index contributed by atoms with van der Waals surface area (Å²) in [4.78, 5) is 27.6. The van der Waals surface area contributed by atoms with Crippen molar-refractivity contribution in [1.82, 2.24) is 20.2 Å². The second kappa shape index (κ2) is 8.99. The minimum absolute atomic E-state index is 0.141. The van der Waals surface area contributed by atoms with Crippen LogP contribution in [-0.2, 0) is 4.79 Å². The number of carbonyl (C=O) groups excluding carboxylic acids is 1. The Balaban J connectivity index is 1.45. The van der Waals surface area contributed by atoms with Gasteiger partial charge < -0.3 is 20.2 Å². The van der Waals surface area contributed by atoms with E-state index in [1.807, 2.05) is 16.3 Å². The van der Waals surface area contributed by atoms with Gasteiger partial charge in [0.25, 0.3) is 0 Å². The molecule has 1 saturated heterocycles. The summed E-state index contributed by atoms with van der Waals surface area (Å²) >= 11 is 1.65. The van der Waals surface area contributed by atoms with Crippen molar-refractivity contribution in [3.8, 4) is 0 Å². The van der Waals surface area contributed by atoms with Gasteiger partial charge in [-0.1, -0.05) is 26.8 Å². The maximum atomic E-state index is 13.4. The predicted molar refractivity (Wildman–Crippen MR) is 119 cm³/mol. The molecule has 1 aliphatic carbocycles. The molecule has 3 atom stereocenters. The van der Waals surface area contributed by atoms with Gasteiger partial charge in [-0.25, -0.2) is 9.97 Å². The molecule has 162 valence electrons. The third kappa shape index (κ3) is 4.22. The molecule has 4 rings (SSSR count). The zero-order valence-electron chi connectivity index (χ0n) is 17.9. The summed E-state index contributed by atoms with van der Waals surface area (Å²) in [6.07, 6.45) is 1.75. The molecule has 0 radical (unpaired) electrons. The van der Waals surface area contributed by atoms with Crippen molar-refractivity contribution >= 4 is 23.1 Å². The second-order valence-corrected chi connectivity index (χ2v) is 9.57. The summed E-state index contributed by atoms with van der Waals surface area (Å²) in [5, 5.41) is 15.7. The van der Waals surface area contributed by atoms with Crippen LogP contribution in [0.3, 0.4) is 0 Å². The maximum absolute atomic E-state index is 13.4. The van der Waals surface area contributed by atoms with Crippen molar-refractivity contribution in [2.45, 2.75) is 51.2 Å². The fraction of sp³-hybridized carbons (Fsp3) is 0.591. The summed E-state index contributed by atoms with van der Waals surface area (Å²) in [7, 11) is 0. The fourth-order valence-electron chi connectivity index (χ4n) is 4.47. The van der Waals surface area contributed by atoms with Crippen LogP contribution in [-0.4, -0.2) is 64.6 Å². The molecule has 2 aliphatic rings. The van der Waals surface area contributed by atoms with Crippen LogP contribution in [0.15, 0.2) is 23.8 Å². The summed E-state index contributed by atoms with van der Waals surface area (Å²) in [5.41, 5.74) is 1.84. The van der Waals surface area contributed by atoms with Gasteiger partial charge in [0.15, 0.2) is 0 Å². The number of rotatable bonds is 6. The molecule has 1 aliphatic heterocycles. The molecule has 0 aromatic carbocycles. The number of thiophene rings is 1. The van der Waals surface area contributed by atoms with E-state index in [2.05, 4.69) is 47.0 Å². The van der Waals surface area contributed by atoms with Crippen LogP contribution in [0.2, 0.25) is 0 Å². The van der Waals surface area contributed by atoms with Crippen molar-refractivity contribution in [2.75, 3.05) is 37.6 Å². The Bertz CT molecular complexity index is 864. The summed E-state index contributed by atoms with van der Waals surface area (Å²) < 4.78 is 0. The van der Waals surface area contributed by atoms with Gasteiger partial charge in [0.2, 0.25) is 5.91 Å². The first-order valence-corrected chi connectivity index (χ1v) is 11.7. The number of nitrogens with one attached hydrogen (secondary N) is 1.